The molecule has 0 spiro atoms. The Kier molecular flexibility index (Phi) is 13.4. The third-order valence-electron chi connectivity index (χ3n) is 0.566. The molecule has 0 saturated heterocycles. The van der Waals surface area contributed by atoms with Crippen molar-refractivity contribution in [2.24, 2.45) is 5.90 Å². The lowest BCUT2D eigenvalue weighted by Crippen LogP contribution is -1.78. The molecule has 0 atom stereocenters. The molecule has 0 aliphatic carbocycles. The van der Waals surface area contributed by atoms with E-state index in [1.54, 1.807) is 12.4 Å². The fourth-order valence-electron chi connectivity index (χ4n) is 0.313. The summed E-state index contributed by atoms with van der Waals surface area (Å²) in [5.74, 6) is 2.67. The number of nitrogens with two attached hydrogens (primary N) is 1. The van der Waals surface area contributed by atoms with Gasteiger partial charge in [0.05, 0.1) is 0 Å². The fourth-order valence-corrected chi connectivity index (χ4v) is 0.313. The van der Waals surface area contributed by atoms with Crippen molar-refractivity contribution >= 4 is 5.97 Å². The molecule has 4 N–H and O–H groups in total. The first-order chi connectivity index (χ1) is 5.73. The second-order valence-electron chi connectivity index (χ2n) is 1.54. The lowest BCUT2D eigenvalue weighted by atomic mass is 10.5. The maximum atomic E-state index is 9.00. The average molecular weight is 172 g/mol. The molecule has 0 aromatic carbocycles. The van der Waals surface area contributed by atoms with Gasteiger partial charge in [-0.15, -0.1) is 0 Å². The molecule has 0 amide bonds. The van der Waals surface area contributed by atoms with Gasteiger partial charge in [0.15, 0.2) is 0 Å². The first-order valence-electron chi connectivity index (χ1n) is 3.04. The van der Waals surface area contributed by atoms with Crippen molar-refractivity contribution in [1.82, 2.24) is 4.98 Å². The molecule has 0 fully saturated rings. The second-order valence-corrected chi connectivity index (χ2v) is 1.54. The predicted molar refractivity (Wildman–Crippen MR) is 43.5 cm³/mol. The van der Waals surface area contributed by atoms with Crippen LogP contribution < -0.4 is 5.90 Å². The van der Waals surface area contributed by atoms with E-state index in [-0.39, 0.29) is 0 Å². The third-order valence-corrected chi connectivity index (χ3v) is 0.566. The van der Waals surface area contributed by atoms with Crippen molar-refractivity contribution in [1.29, 1.82) is 0 Å². The lowest BCUT2D eigenvalue weighted by Gasteiger charge is -1.70. The SMILES string of the molecule is CC(=O)O.NO.c1ccncc1. The van der Waals surface area contributed by atoms with Crippen LogP contribution in [-0.4, -0.2) is 21.3 Å². The molecule has 1 aromatic rings. The minimum absolute atomic E-state index is 0.833. The number of carboxylic acid groups (broad SMARTS) is 1. The first-order valence-corrected chi connectivity index (χ1v) is 3.04. The monoisotopic (exact) mass is 172 g/mol. The molecule has 1 heterocycles. The maximum Gasteiger partial charge on any atom is 0.300 e. The van der Waals surface area contributed by atoms with Gasteiger partial charge in [0.1, 0.15) is 0 Å². The zero-order valence-electron chi connectivity index (χ0n) is 6.71. The van der Waals surface area contributed by atoms with E-state index in [4.69, 9.17) is 15.1 Å². The molecule has 0 bridgehead atoms. The van der Waals surface area contributed by atoms with Crippen LogP contribution in [0.2, 0.25) is 0 Å². The van der Waals surface area contributed by atoms with Crippen LogP contribution in [0, 0.1) is 0 Å². The van der Waals surface area contributed by atoms with Gasteiger partial charge in [0, 0.05) is 19.3 Å². The van der Waals surface area contributed by atoms with Gasteiger partial charge in [0.25, 0.3) is 5.97 Å². The zero-order chi connectivity index (χ0) is 9.82. The van der Waals surface area contributed by atoms with Gasteiger partial charge in [-0.05, 0) is 12.1 Å². The summed E-state index contributed by atoms with van der Waals surface area (Å²) in [6.07, 6.45) is 3.50. The standard InChI is InChI=1S/C5H5N.C2H4O2.H3NO/c1-2-4-6-5-3-1;1-2(3)4;1-2/h1-5H;1H3,(H,3,4);2H,1H2. The van der Waals surface area contributed by atoms with E-state index in [0.717, 1.165) is 6.92 Å². The Labute approximate surface area is 70.4 Å². The zero-order valence-corrected chi connectivity index (χ0v) is 6.71. The van der Waals surface area contributed by atoms with Crippen molar-refractivity contribution in [2.75, 3.05) is 0 Å². The average Bonchev–Trinajstić information content (AvgIpc) is 2.10. The van der Waals surface area contributed by atoms with Crippen LogP contribution in [0.1, 0.15) is 6.92 Å². The summed E-state index contributed by atoms with van der Waals surface area (Å²) in [4.78, 5) is 12.8. The highest BCUT2D eigenvalue weighted by molar-refractivity contribution is 5.62. The van der Waals surface area contributed by atoms with E-state index in [1.807, 2.05) is 18.2 Å². The van der Waals surface area contributed by atoms with Crippen molar-refractivity contribution in [3.63, 3.8) is 0 Å². The van der Waals surface area contributed by atoms with Gasteiger partial charge in [-0.2, -0.15) is 0 Å². The Morgan fingerprint density at radius 2 is 1.58 bits per heavy atom. The Morgan fingerprint density at radius 3 is 1.67 bits per heavy atom. The van der Waals surface area contributed by atoms with Gasteiger partial charge < -0.3 is 10.3 Å². The molecule has 1 aromatic heterocycles. The number of aromatic nitrogens is 1. The van der Waals surface area contributed by atoms with E-state index in [2.05, 4.69) is 10.9 Å². The maximum absolute atomic E-state index is 9.00. The smallest absolute Gasteiger partial charge is 0.300 e. The number of rotatable bonds is 0. The summed E-state index contributed by atoms with van der Waals surface area (Å²) in [7, 11) is 0. The summed E-state index contributed by atoms with van der Waals surface area (Å²) >= 11 is 0. The van der Waals surface area contributed by atoms with Gasteiger partial charge in [0.2, 0.25) is 0 Å². The van der Waals surface area contributed by atoms with E-state index in [1.165, 1.54) is 0 Å². The van der Waals surface area contributed by atoms with Gasteiger partial charge in [-0.1, -0.05) is 6.07 Å². The number of carboxylic acids is 1. The van der Waals surface area contributed by atoms with Crippen LogP contribution in [-0.2, 0) is 4.79 Å². The Morgan fingerprint density at radius 1 is 1.25 bits per heavy atom. The minimum Gasteiger partial charge on any atom is -0.481 e. The number of hydrogen-bond acceptors (Lipinski definition) is 4. The summed E-state index contributed by atoms with van der Waals surface area (Å²) < 4.78 is 0. The molecular formula is C7H12N2O3. The van der Waals surface area contributed by atoms with Crippen molar-refractivity contribution in [3.05, 3.63) is 30.6 Å². The molecule has 5 nitrogen and oxygen atoms in total. The first kappa shape index (κ1) is 13.2. The van der Waals surface area contributed by atoms with Crippen molar-refractivity contribution in [3.8, 4) is 0 Å². The molecule has 1 rings (SSSR count). The van der Waals surface area contributed by atoms with E-state index >= 15 is 0 Å². The van der Waals surface area contributed by atoms with Crippen LogP contribution in [0.15, 0.2) is 30.6 Å². The highest BCUT2D eigenvalue weighted by atomic mass is 16.4. The van der Waals surface area contributed by atoms with Crippen LogP contribution in [0.5, 0.6) is 0 Å². The molecule has 0 aliphatic heterocycles. The minimum atomic E-state index is -0.833. The molecular weight excluding hydrogens is 160 g/mol. The number of carbonyl (C=O) groups is 1. The van der Waals surface area contributed by atoms with E-state index in [9.17, 15) is 0 Å². The van der Waals surface area contributed by atoms with Gasteiger partial charge in [-0.25, -0.2) is 5.90 Å². The fraction of sp³-hybridized carbons (Fsp3) is 0.143. The quantitative estimate of drug-likeness (QED) is 0.495. The lowest BCUT2D eigenvalue weighted by molar-refractivity contribution is -0.134. The van der Waals surface area contributed by atoms with Crippen molar-refractivity contribution < 1.29 is 15.1 Å². The summed E-state index contributed by atoms with van der Waals surface area (Å²) in [5.41, 5.74) is 0. The topological polar surface area (TPSA) is 96.4 Å². The van der Waals surface area contributed by atoms with Crippen LogP contribution in [0.3, 0.4) is 0 Å². The predicted octanol–water partition coefficient (Wildman–Crippen LogP) is 0.507. The molecule has 0 saturated carbocycles. The molecule has 12 heavy (non-hydrogen) atoms. The number of aliphatic carboxylic acids is 1. The molecule has 5 heteroatoms. The van der Waals surface area contributed by atoms with E-state index in [0.29, 0.717) is 0 Å². The summed E-state index contributed by atoms with van der Waals surface area (Å²) in [5, 5.41) is 13.9. The highest BCUT2D eigenvalue weighted by Gasteiger charge is 1.65. The number of pyridine rings is 1. The molecule has 0 radical (unpaired) electrons. The Bertz CT molecular complexity index is 149. The summed E-state index contributed by atoms with van der Waals surface area (Å²) in [6.45, 7) is 1.08. The van der Waals surface area contributed by atoms with Crippen LogP contribution >= 0.6 is 0 Å². The molecule has 0 aliphatic rings. The molecule has 68 valence electrons. The largest absolute Gasteiger partial charge is 0.481 e. The van der Waals surface area contributed by atoms with Crippen LogP contribution in [0.25, 0.3) is 0 Å². The van der Waals surface area contributed by atoms with Gasteiger partial charge in [-0.3, -0.25) is 9.78 Å². The summed E-state index contributed by atoms with van der Waals surface area (Å²) in [6, 6.07) is 5.72. The van der Waals surface area contributed by atoms with Crippen LogP contribution in [0.4, 0.5) is 0 Å². The van der Waals surface area contributed by atoms with E-state index < -0.39 is 5.97 Å². The second kappa shape index (κ2) is 12.2. The highest BCUT2D eigenvalue weighted by Crippen LogP contribution is 1.73. The van der Waals surface area contributed by atoms with Crippen molar-refractivity contribution in [2.45, 2.75) is 6.92 Å². The Hall–Kier alpha value is -1.46. The Balaban J connectivity index is 0. The normalized spacial score (nSPS) is 6.58. The number of hydrogen-bond donors (Lipinski definition) is 3. The van der Waals surface area contributed by atoms with Gasteiger partial charge >= 0.3 is 0 Å². The third kappa shape index (κ3) is 23.6. The number of nitrogens with zero attached hydrogens (tertiary/aromatic N) is 1. The molecule has 0 unspecified atom stereocenters.